The van der Waals surface area contributed by atoms with Crippen LogP contribution in [0, 0.1) is 0 Å². The van der Waals surface area contributed by atoms with Gasteiger partial charge in [-0.1, -0.05) is 41.6 Å². The van der Waals surface area contributed by atoms with Crippen molar-refractivity contribution in [2.45, 2.75) is 17.3 Å². The van der Waals surface area contributed by atoms with Gasteiger partial charge in [0.15, 0.2) is 5.65 Å². The Morgan fingerprint density at radius 2 is 1.78 bits per heavy atom. The van der Waals surface area contributed by atoms with Crippen LogP contribution in [0.4, 0.5) is 0 Å². The number of alkyl halides is 2. The molecule has 2 aromatic heterocycles. The predicted octanol–water partition coefficient (Wildman–Crippen LogP) is 4.55. The molecule has 0 N–H and O–H groups in total. The summed E-state index contributed by atoms with van der Waals surface area (Å²) in [6.45, 7) is 3.25. The number of nitrogens with zero attached hydrogens (tertiary/aromatic N) is 5. The van der Waals surface area contributed by atoms with Crippen molar-refractivity contribution < 1.29 is 0 Å². The van der Waals surface area contributed by atoms with Gasteiger partial charge < -0.3 is 4.57 Å². The van der Waals surface area contributed by atoms with Gasteiger partial charge in [0, 0.05) is 48.7 Å². The summed E-state index contributed by atoms with van der Waals surface area (Å²) in [4.78, 5) is 15.6. The zero-order valence-corrected chi connectivity index (χ0v) is 17.8. The molecule has 3 rings (SSSR count). The quantitative estimate of drug-likeness (QED) is 0.261. The first kappa shape index (κ1) is 20.7. The molecule has 0 bridgehead atoms. The minimum absolute atomic E-state index is 0.590. The number of hydrogen-bond acceptors (Lipinski definition) is 5. The van der Waals surface area contributed by atoms with Gasteiger partial charge in [-0.2, -0.15) is 0 Å². The van der Waals surface area contributed by atoms with Gasteiger partial charge in [-0.3, -0.25) is 4.90 Å². The summed E-state index contributed by atoms with van der Waals surface area (Å²) in [6.07, 6.45) is 3.41. The lowest BCUT2D eigenvalue weighted by Crippen LogP contribution is -2.31. The zero-order valence-electron chi connectivity index (χ0n) is 14.7. The van der Waals surface area contributed by atoms with Gasteiger partial charge in [-0.25, -0.2) is 15.0 Å². The van der Waals surface area contributed by atoms with Crippen molar-refractivity contribution in [1.82, 2.24) is 24.4 Å². The molecule has 27 heavy (non-hydrogen) atoms. The second-order valence-electron chi connectivity index (χ2n) is 5.89. The van der Waals surface area contributed by atoms with Crippen LogP contribution in [-0.2, 0) is 12.3 Å². The minimum atomic E-state index is 0.590. The Bertz CT molecular complexity index is 867. The Kier molecular flexibility index (Phi) is 8.03. The van der Waals surface area contributed by atoms with Gasteiger partial charge in [-0.05, 0) is 11.6 Å². The maximum Gasteiger partial charge on any atom is 0.164 e. The zero-order chi connectivity index (χ0) is 19.1. The fourth-order valence-corrected chi connectivity index (χ4v) is 4.42. The van der Waals surface area contributed by atoms with Gasteiger partial charge in [-0.15, -0.1) is 23.2 Å². The van der Waals surface area contributed by atoms with E-state index in [2.05, 4.69) is 19.9 Å². The molecule has 5 nitrogen and oxygen atoms in total. The molecule has 0 saturated heterocycles. The Morgan fingerprint density at radius 1 is 1.00 bits per heavy atom. The van der Waals surface area contributed by atoms with Crippen LogP contribution < -0.4 is 0 Å². The summed E-state index contributed by atoms with van der Waals surface area (Å²) < 4.78 is 2.05. The van der Waals surface area contributed by atoms with E-state index in [9.17, 15) is 0 Å². The largest absolute Gasteiger partial charge is 0.314 e. The SMILES string of the molecule is ClCCN(CCCl)CCn1cnc2c(SCc3ccccc3Cl)ncnc21. The summed E-state index contributed by atoms with van der Waals surface area (Å²) in [7, 11) is 0. The highest BCUT2D eigenvalue weighted by Gasteiger charge is 2.12. The van der Waals surface area contributed by atoms with Crippen molar-refractivity contribution >= 4 is 57.7 Å². The third-order valence-electron chi connectivity index (χ3n) is 4.15. The number of hydrogen-bond donors (Lipinski definition) is 0. The van der Waals surface area contributed by atoms with Gasteiger partial charge in [0.2, 0.25) is 0 Å². The lowest BCUT2D eigenvalue weighted by Gasteiger charge is -2.20. The molecule has 2 heterocycles. The van der Waals surface area contributed by atoms with Crippen molar-refractivity contribution in [2.24, 2.45) is 0 Å². The van der Waals surface area contributed by atoms with E-state index in [0.29, 0.717) is 11.8 Å². The number of aromatic nitrogens is 4. The molecule has 9 heteroatoms. The number of imidazole rings is 1. The van der Waals surface area contributed by atoms with Gasteiger partial charge in [0.25, 0.3) is 0 Å². The highest BCUT2D eigenvalue weighted by molar-refractivity contribution is 7.98. The van der Waals surface area contributed by atoms with E-state index in [1.165, 1.54) is 0 Å². The van der Waals surface area contributed by atoms with Crippen LogP contribution in [0.25, 0.3) is 11.2 Å². The number of rotatable bonds is 10. The lowest BCUT2D eigenvalue weighted by atomic mass is 10.2. The first-order valence-electron chi connectivity index (χ1n) is 8.59. The van der Waals surface area contributed by atoms with Crippen LogP contribution in [0.5, 0.6) is 0 Å². The first-order chi connectivity index (χ1) is 13.2. The topological polar surface area (TPSA) is 46.8 Å². The van der Waals surface area contributed by atoms with Gasteiger partial charge >= 0.3 is 0 Å². The van der Waals surface area contributed by atoms with E-state index in [0.717, 1.165) is 58.7 Å². The van der Waals surface area contributed by atoms with Crippen molar-refractivity contribution in [3.8, 4) is 0 Å². The second-order valence-corrected chi connectivity index (χ2v) is 8.02. The summed E-state index contributed by atoms with van der Waals surface area (Å²) >= 11 is 19.6. The fourth-order valence-electron chi connectivity index (χ4n) is 2.71. The Labute approximate surface area is 178 Å². The van der Waals surface area contributed by atoms with Crippen LogP contribution in [0.2, 0.25) is 5.02 Å². The molecule has 0 atom stereocenters. The number of fused-ring (bicyclic) bond motifs is 1. The van der Waals surface area contributed by atoms with Crippen LogP contribution in [-0.4, -0.2) is 55.8 Å². The molecule has 0 aliphatic rings. The molecule has 0 saturated carbocycles. The van der Waals surface area contributed by atoms with E-state index >= 15 is 0 Å². The summed E-state index contributed by atoms with van der Waals surface area (Å²) in [5, 5.41) is 1.62. The first-order valence-corrected chi connectivity index (χ1v) is 11.0. The monoisotopic (exact) mass is 443 g/mol. The van der Waals surface area contributed by atoms with Crippen molar-refractivity contribution in [3.63, 3.8) is 0 Å². The maximum atomic E-state index is 6.25. The molecule has 0 aliphatic carbocycles. The second kappa shape index (κ2) is 10.5. The van der Waals surface area contributed by atoms with Crippen LogP contribution in [0.1, 0.15) is 5.56 Å². The van der Waals surface area contributed by atoms with Crippen molar-refractivity contribution in [1.29, 1.82) is 0 Å². The third kappa shape index (κ3) is 5.48. The van der Waals surface area contributed by atoms with Gasteiger partial charge in [0.1, 0.15) is 16.9 Å². The average Bonchev–Trinajstić information content (AvgIpc) is 3.10. The van der Waals surface area contributed by atoms with Crippen molar-refractivity contribution in [2.75, 3.05) is 31.4 Å². The fraction of sp³-hybridized carbons (Fsp3) is 0.389. The Balaban J connectivity index is 1.71. The smallest absolute Gasteiger partial charge is 0.164 e. The molecule has 0 fully saturated rings. The van der Waals surface area contributed by atoms with E-state index in [1.54, 1.807) is 18.1 Å². The molecule has 1 aromatic carbocycles. The van der Waals surface area contributed by atoms with Crippen LogP contribution in [0.15, 0.2) is 41.9 Å². The molecule has 0 spiro atoms. The molecular weight excluding hydrogens is 425 g/mol. The summed E-state index contributed by atoms with van der Waals surface area (Å²) in [6, 6.07) is 7.84. The van der Waals surface area contributed by atoms with Crippen LogP contribution >= 0.6 is 46.6 Å². The maximum absolute atomic E-state index is 6.25. The van der Waals surface area contributed by atoms with E-state index in [1.807, 2.05) is 35.2 Å². The number of halogens is 3. The third-order valence-corrected chi connectivity index (χ3v) is 5.88. The predicted molar refractivity (Wildman–Crippen MR) is 114 cm³/mol. The molecule has 144 valence electrons. The highest BCUT2D eigenvalue weighted by Crippen LogP contribution is 2.28. The molecule has 0 radical (unpaired) electrons. The average molecular weight is 445 g/mol. The van der Waals surface area contributed by atoms with E-state index in [4.69, 9.17) is 34.8 Å². The van der Waals surface area contributed by atoms with Gasteiger partial charge in [0.05, 0.1) is 6.33 Å². The molecule has 0 aliphatic heterocycles. The lowest BCUT2D eigenvalue weighted by molar-refractivity contribution is 0.295. The number of benzene rings is 1. The molecule has 0 amide bonds. The Hall–Kier alpha value is -1.05. The minimum Gasteiger partial charge on any atom is -0.314 e. The molecule has 0 unspecified atom stereocenters. The van der Waals surface area contributed by atoms with E-state index < -0.39 is 0 Å². The summed E-state index contributed by atoms with van der Waals surface area (Å²) in [5.74, 6) is 1.91. The van der Waals surface area contributed by atoms with E-state index in [-0.39, 0.29) is 0 Å². The standard InChI is InChI=1S/C18H20Cl3N5S/c19-5-7-25(8-6-20)9-10-26-13-24-16-17(26)22-12-23-18(16)27-11-14-3-1-2-4-15(14)21/h1-4,12-13H,5-11H2. The molecule has 3 aromatic rings. The molecular formula is C18H20Cl3N5S. The highest BCUT2D eigenvalue weighted by atomic mass is 35.5. The van der Waals surface area contributed by atoms with Crippen LogP contribution in [0.3, 0.4) is 0 Å². The Morgan fingerprint density at radius 3 is 2.52 bits per heavy atom. The van der Waals surface area contributed by atoms with Crippen molar-refractivity contribution in [3.05, 3.63) is 47.5 Å². The normalized spacial score (nSPS) is 11.6. The summed E-state index contributed by atoms with van der Waals surface area (Å²) in [5.41, 5.74) is 2.73. The number of thioether (sulfide) groups is 1.